The van der Waals surface area contributed by atoms with Gasteiger partial charge in [-0.25, -0.2) is 0 Å². The lowest BCUT2D eigenvalue weighted by Gasteiger charge is -2.04. The zero-order chi connectivity index (χ0) is 11.5. The molecule has 0 saturated carbocycles. The van der Waals surface area contributed by atoms with Gasteiger partial charge in [-0.05, 0) is 37.9 Å². The predicted octanol–water partition coefficient (Wildman–Crippen LogP) is 3.79. The molecule has 0 heterocycles. The van der Waals surface area contributed by atoms with Crippen LogP contribution in [0.1, 0.15) is 44.6 Å². The number of unbranched alkanes of at least 4 members (excludes halogenated alkanes) is 3. The Morgan fingerprint density at radius 2 is 1.62 bits per heavy atom. The summed E-state index contributed by atoms with van der Waals surface area (Å²) in [5.74, 6) is 0. The highest BCUT2D eigenvalue weighted by atomic mass is 14.8. The van der Waals surface area contributed by atoms with E-state index >= 15 is 0 Å². The van der Waals surface area contributed by atoms with E-state index in [0.29, 0.717) is 0 Å². The van der Waals surface area contributed by atoms with Crippen molar-refractivity contribution in [3.63, 3.8) is 0 Å². The van der Waals surface area contributed by atoms with Gasteiger partial charge in [0.15, 0.2) is 0 Å². The molecule has 0 aliphatic heterocycles. The van der Waals surface area contributed by atoms with Crippen LogP contribution in [0, 0.1) is 0 Å². The topological polar surface area (TPSA) is 12.0 Å². The Labute approximate surface area is 100 Å². The molecule has 1 heteroatoms. The second kappa shape index (κ2) is 9.41. The van der Waals surface area contributed by atoms with Gasteiger partial charge in [-0.3, -0.25) is 0 Å². The number of benzene rings is 1. The van der Waals surface area contributed by atoms with E-state index in [1.54, 1.807) is 0 Å². The van der Waals surface area contributed by atoms with Gasteiger partial charge in [-0.15, -0.1) is 0 Å². The molecule has 90 valence electrons. The van der Waals surface area contributed by atoms with Crippen LogP contribution in [0.3, 0.4) is 0 Å². The normalized spacial score (nSPS) is 10.6. The molecule has 0 spiro atoms. The highest BCUT2D eigenvalue weighted by Crippen LogP contribution is 2.01. The Hall–Kier alpha value is -0.820. The van der Waals surface area contributed by atoms with Crippen molar-refractivity contribution in [2.24, 2.45) is 0 Å². The van der Waals surface area contributed by atoms with Gasteiger partial charge < -0.3 is 5.32 Å². The summed E-state index contributed by atoms with van der Waals surface area (Å²) in [7, 11) is 0. The molecule has 1 aromatic carbocycles. The highest BCUT2D eigenvalue weighted by Gasteiger charge is 1.92. The average molecular weight is 219 g/mol. The average Bonchev–Trinajstić information content (AvgIpc) is 2.34. The summed E-state index contributed by atoms with van der Waals surface area (Å²) in [6, 6.07) is 10.7. The molecule has 1 rings (SSSR count). The van der Waals surface area contributed by atoms with Crippen molar-refractivity contribution in [2.75, 3.05) is 13.1 Å². The van der Waals surface area contributed by atoms with Gasteiger partial charge in [0.2, 0.25) is 0 Å². The standard InChI is InChI=1S/C15H25N/c1-2-3-4-8-13-16-14-9-12-15-10-6-5-7-11-15/h5-7,10-11,16H,2-4,8-9,12-14H2,1H3. The van der Waals surface area contributed by atoms with Gasteiger partial charge in [0.25, 0.3) is 0 Å². The van der Waals surface area contributed by atoms with Crippen LogP contribution < -0.4 is 5.32 Å². The number of nitrogens with one attached hydrogen (secondary N) is 1. The number of hydrogen-bond donors (Lipinski definition) is 1. The van der Waals surface area contributed by atoms with Crippen LogP contribution in [-0.4, -0.2) is 13.1 Å². The van der Waals surface area contributed by atoms with Crippen molar-refractivity contribution < 1.29 is 0 Å². The van der Waals surface area contributed by atoms with E-state index in [9.17, 15) is 0 Å². The molecule has 1 aromatic rings. The number of aryl methyl sites for hydroxylation is 1. The maximum Gasteiger partial charge on any atom is -0.00457 e. The van der Waals surface area contributed by atoms with Gasteiger partial charge in [0.05, 0.1) is 0 Å². The van der Waals surface area contributed by atoms with Crippen molar-refractivity contribution >= 4 is 0 Å². The lowest BCUT2D eigenvalue weighted by atomic mass is 10.1. The summed E-state index contributed by atoms with van der Waals surface area (Å²) in [4.78, 5) is 0. The quantitative estimate of drug-likeness (QED) is 0.623. The minimum Gasteiger partial charge on any atom is -0.317 e. The van der Waals surface area contributed by atoms with Crippen LogP contribution in [-0.2, 0) is 6.42 Å². The summed E-state index contributed by atoms with van der Waals surface area (Å²) in [5.41, 5.74) is 1.45. The molecule has 0 fully saturated rings. The lowest BCUT2D eigenvalue weighted by Crippen LogP contribution is -2.17. The Balaban J connectivity index is 1.89. The van der Waals surface area contributed by atoms with Crippen molar-refractivity contribution in [3.05, 3.63) is 35.9 Å². The molecule has 0 bridgehead atoms. The minimum absolute atomic E-state index is 1.15. The first-order valence-electron chi connectivity index (χ1n) is 6.68. The summed E-state index contributed by atoms with van der Waals surface area (Å²) in [6.45, 7) is 4.60. The Bertz CT molecular complexity index is 243. The fourth-order valence-corrected chi connectivity index (χ4v) is 1.86. The zero-order valence-electron chi connectivity index (χ0n) is 10.5. The van der Waals surface area contributed by atoms with Crippen molar-refractivity contribution in [1.29, 1.82) is 0 Å². The number of rotatable bonds is 9. The summed E-state index contributed by atoms with van der Waals surface area (Å²) >= 11 is 0. The largest absolute Gasteiger partial charge is 0.317 e. The molecule has 0 unspecified atom stereocenters. The Morgan fingerprint density at radius 3 is 2.38 bits per heavy atom. The Kier molecular flexibility index (Phi) is 7.79. The molecule has 0 aliphatic rings. The SMILES string of the molecule is CCCCCCNCCCc1ccccc1. The summed E-state index contributed by atoms with van der Waals surface area (Å²) in [5, 5.41) is 3.51. The third kappa shape index (κ3) is 6.62. The summed E-state index contributed by atoms with van der Waals surface area (Å²) < 4.78 is 0. The summed E-state index contributed by atoms with van der Waals surface area (Å²) in [6.07, 6.45) is 7.86. The Morgan fingerprint density at radius 1 is 0.875 bits per heavy atom. The monoisotopic (exact) mass is 219 g/mol. The van der Waals surface area contributed by atoms with E-state index in [1.165, 1.54) is 50.6 Å². The van der Waals surface area contributed by atoms with Gasteiger partial charge in [0, 0.05) is 0 Å². The molecule has 0 aromatic heterocycles. The van der Waals surface area contributed by atoms with Gasteiger partial charge >= 0.3 is 0 Å². The zero-order valence-corrected chi connectivity index (χ0v) is 10.5. The molecule has 0 saturated heterocycles. The lowest BCUT2D eigenvalue weighted by molar-refractivity contribution is 0.585. The van der Waals surface area contributed by atoms with Gasteiger partial charge in [0.1, 0.15) is 0 Å². The van der Waals surface area contributed by atoms with Crippen LogP contribution in [0.15, 0.2) is 30.3 Å². The maximum absolute atomic E-state index is 3.51. The molecular weight excluding hydrogens is 194 g/mol. The van der Waals surface area contributed by atoms with Gasteiger partial charge in [-0.1, -0.05) is 56.5 Å². The first-order chi connectivity index (χ1) is 7.93. The van der Waals surface area contributed by atoms with Crippen LogP contribution >= 0.6 is 0 Å². The van der Waals surface area contributed by atoms with Crippen molar-refractivity contribution in [3.8, 4) is 0 Å². The first kappa shape index (κ1) is 13.2. The first-order valence-corrected chi connectivity index (χ1v) is 6.68. The third-order valence-electron chi connectivity index (χ3n) is 2.87. The molecular formula is C15H25N. The van der Waals surface area contributed by atoms with E-state index in [0.717, 1.165) is 6.54 Å². The van der Waals surface area contributed by atoms with E-state index in [1.807, 2.05) is 0 Å². The minimum atomic E-state index is 1.15. The second-order valence-electron chi connectivity index (χ2n) is 4.40. The molecule has 1 nitrogen and oxygen atoms in total. The van der Waals surface area contributed by atoms with Crippen LogP contribution in [0.2, 0.25) is 0 Å². The maximum atomic E-state index is 3.51. The highest BCUT2D eigenvalue weighted by molar-refractivity contribution is 5.14. The van der Waals surface area contributed by atoms with Crippen molar-refractivity contribution in [2.45, 2.75) is 45.4 Å². The molecule has 0 radical (unpaired) electrons. The smallest absolute Gasteiger partial charge is 0.00457 e. The molecule has 0 atom stereocenters. The van der Waals surface area contributed by atoms with Crippen LogP contribution in [0.4, 0.5) is 0 Å². The van der Waals surface area contributed by atoms with Crippen LogP contribution in [0.5, 0.6) is 0 Å². The van der Waals surface area contributed by atoms with Gasteiger partial charge in [-0.2, -0.15) is 0 Å². The van der Waals surface area contributed by atoms with E-state index in [4.69, 9.17) is 0 Å². The van der Waals surface area contributed by atoms with Crippen molar-refractivity contribution in [1.82, 2.24) is 5.32 Å². The number of hydrogen-bond acceptors (Lipinski definition) is 1. The molecule has 1 N–H and O–H groups in total. The van der Waals surface area contributed by atoms with Crippen LogP contribution in [0.25, 0.3) is 0 Å². The second-order valence-corrected chi connectivity index (χ2v) is 4.40. The van der Waals surface area contributed by atoms with E-state index in [-0.39, 0.29) is 0 Å². The van der Waals surface area contributed by atoms with E-state index in [2.05, 4.69) is 42.6 Å². The fraction of sp³-hybridized carbons (Fsp3) is 0.600. The predicted molar refractivity (Wildman–Crippen MR) is 71.8 cm³/mol. The fourth-order valence-electron chi connectivity index (χ4n) is 1.86. The van der Waals surface area contributed by atoms with E-state index < -0.39 is 0 Å². The molecule has 0 aliphatic carbocycles. The molecule has 0 amide bonds. The third-order valence-corrected chi connectivity index (χ3v) is 2.87. The molecule has 16 heavy (non-hydrogen) atoms.